The molecule has 0 radical (unpaired) electrons. The summed E-state index contributed by atoms with van der Waals surface area (Å²) in [6.07, 6.45) is 3.08. The minimum absolute atomic E-state index is 0.0207. The number of fused-ring (bicyclic) bond motifs is 2. The highest BCUT2D eigenvalue weighted by Crippen LogP contribution is 2.35. The number of ether oxygens (including phenoxy) is 1. The minimum atomic E-state index is -0.219. The van der Waals surface area contributed by atoms with Crippen molar-refractivity contribution >= 4 is 34.4 Å². The molecule has 2 amide bonds. The van der Waals surface area contributed by atoms with Crippen LogP contribution in [0, 0.1) is 5.92 Å². The number of hydrogen-bond donors (Lipinski definition) is 4. The van der Waals surface area contributed by atoms with Crippen molar-refractivity contribution in [3.63, 3.8) is 0 Å². The lowest BCUT2D eigenvalue weighted by atomic mass is 9.95. The summed E-state index contributed by atoms with van der Waals surface area (Å²) < 4.78 is 5.45. The molecule has 9 heteroatoms. The van der Waals surface area contributed by atoms with Crippen LogP contribution in [0.1, 0.15) is 35.8 Å². The summed E-state index contributed by atoms with van der Waals surface area (Å²) >= 11 is 0. The van der Waals surface area contributed by atoms with Crippen molar-refractivity contribution in [3.05, 3.63) is 41.9 Å². The average molecular weight is 394 g/mol. The van der Waals surface area contributed by atoms with Crippen LogP contribution in [-0.4, -0.2) is 40.4 Å². The summed E-state index contributed by atoms with van der Waals surface area (Å²) in [4.78, 5) is 35.5. The highest BCUT2D eigenvalue weighted by atomic mass is 16.5. The van der Waals surface area contributed by atoms with Crippen LogP contribution in [0.4, 0.5) is 11.5 Å². The van der Waals surface area contributed by atoms with Gasteiger partial charge in [-0.05, 0) is 23.6 Å². The third-order valence-electron chi connectivity index (χ3n) is 4.90. The molecule has 1 aliphatic heterocycles. The second kappa shape index (κ2) is 7.42. The zero-order valence-electron chi connectivity index (χ0n) is 16.4. The number of carbonyl (C=O) groups is 2. The van der Waals surface area contributed by atoms with E-state index in [9.17, 15) is 9.59 Å². The summed E-state index contributed by atoms with van der Waals surface area (Å²) in [6.45, 7) is 4.19. The van der Waals surface area contributed by atoms with E-state index in [1.165, 1.54) is 6.33 Å². The monoisotopic (exact) mass is 394 g/mol. The molecule has 0 bridgehead atoms. The van der Waals surface area contributed by atoms with Gasteiger partial charge in [-0.15, -0.1) is 0 Å². The lowest BCUT2D eigenvalue weighted by Gasteiger charge is -2.26. The van der Waals surface area contributed by atoms with Gasteiger partial charge in [0, 0.05) is 13.2 Å². The Morgan fingerprint density at radius 3 is 2.86 bits per heavy atom. The molecular formula is C20H22N6O3. The number of anilines is 2. The van der Waals surface area contributed by atoms with Crippen LogP contribution < -0.4 is 20.7 Å². The molecule has 0 fully saturated rings. The molecule has 0 saturated carbocycles. The molecule has 4 rings (SSSR count). The lowest BCUT2D eigenvalue weighted by Crippen LogP contribution is -2.26. The predicted octanol–water partition coefficient (Wildman–Crippen LogP) is 2.46. The molecule has 9 nitrogen and oxygen atoms in total. The van der Waals surface area contributed by atoms with Gasteiger partial charge >= 0.3 is 0 Å². The first-order valence-electron chi connectivity index (χ1n) is 9.35. The Kier molecular flexibility index (Phi) is 4.79. The molecule has 0 spiro atoms. The Hall–Kier alpha value is -3.62. The van der Waals surface area contributed by atoms with Crippen LogP contribution in [0.3, 0.4) is 0 Å². The van der Waals surface area contributed by atoms with Crippen molar-refractivity contribution in [2.45, 2.75) is 19.9 Å². The molecule has 1 atom stereocenters. The Labute approximate surface area is 167 Å². The van der Waals surface area contributed by atoms with E-state index >= 15 is 0 Å². The number of aromatic nitrogens is 3. The summed E-state index contributed by atoms with van der Waals surface area (Å²) in [7, 11) is 1.58. The van der Waals surface area contributed by atoms with Gasteiger partial charge < -0.3 is 25.7 Å². The van der Waals surface area contributed by atoms with E-state index < -0.39 is 0 Å². The average Bonchev–Trinajstić information content (AvgIpc) is 3.15. The molecule has 1 aliphatic rings. The Morgan fingerprint density at radius 2 is 2.10 bits per heavy atom. The van der Waals surface area contributed by atoms with Crippen LogP contribution in [0.2, 0.25) is 0 Å². The molecule has 1 aromatic carbocycles. The zero-order valence-corrected chi connectivity index (χ0v) is 16.4. The summed E-state index contributed by atoms with van der Waals surface area (Å²) in [6, 6.07) is 5.59. The standard InChI is InChI=1S/C20H22N6O3/c1-10(2)17(11-4-5-14-13(6-11)25-15(27)8-29-14)26-19-16-12(20(28)21-3)7-22-18(16)23-9-24-19/h4-7,9-10,17H,8H2,1-3H3,(H,21,28)(H,25,27)(H2,22,23,24,26)/t17-/m1/s1. The summed E-state index contributed by atoms with van der Waals surface area (Å²) in [5, 5.41) is 9.56. The molecule has 0 aliphatic carbocycles. The first-order chi connectivity index (χ1) is 14.0. The highest BCUT2D eigenvalue weighted by molar-refractivity contribution is 6.09. The first kappa shape index (κ1) is 18.7. The second-order valence-electron chi connectivity index (χ2n) is 7.19. The Bertz CT molecular complexity index is 1090. The number of H-pyrrole nitrogens is 1. The zero-order chi connectivity index (χ0) is 20.5. The SMILES string of the molecule is CNC(=O)c1c[nH]c2ncnc(N[C@@H](c3ccc4c(c3)NC(=O)CO4)C(C)C)c12. The number of amides is 2. The van der Waals surface area contributed by atoms with Gasteiger partial charge in [-0.25, -0.2) is 9.97 Å². The second-order valence-corrected chi connectivity index (χ2v) is 7.19. The van der Waals surface area contributed by atoms with Crippen molar-refractivity contribution in [3.8, 4) is 5.75 Å². The third kappa shape index (κ3) is 3.46. The topological polar surface area (TPSA) is 121 Å². The van der Waals surface area contributed by atoms with E-state index in [0.29, 0.717) is 33.9 Å². The normalized spacial score (nSPS) is 14.1. The van der Waals surface area contributed by atoms with Crippen molar-refractivity contribution in [2.75, 3.05) is 24.3 Å². The fourth-order valence-corrected chi connectivity index (χ4v) is 3.46. The van der Waals surface area contributed by atoms with E-state index in [1.54, 1.807) is 13.2 Å². The van der Waals surface area contributed by atoms with E-state index in [2.05, 4.69) is 44.7 Å². The fourth-order valence-electron chi connectivity index (χ4n) is 3.46. The van der Waals surface area contributed by atoms with Gasteiger partial charge in [0.25, 0.3) is 11.8 Å². The van der Waals surface area contributed by atoms with Crippen molar-refractivity contribution in [1.82, 2.24) is 20.3 Å². The Morgan fingerprint density at radius 1 is 1.28 bits per heavy atom. The van der Waals surface area contributed by atoms with Crippen LogP contribution in [0.15, 0.2) is 30.7 Å². The maximum atomic E-state index is 12.3. The van der Waals surface area contributed by atoms with Crippen LogP contribution in [0.25, 0.3) is 11.0 Å². The minimum Gasteiger partial charge on any atom is -0.482 e. The van der Waals surface area contributed by atoms with Gasteiger partial charge in [-0.1, -0.05) is 19.9 Å². The molecule has 150 valence electrons. The number of hydrogen-bond acceptors (Lipinski definition) is 6. The van der Waals surface area contributed by atoms with Crippen LogP contribution >= 0.6 is 0 Å². The first-order valence-corrected chi connectivity index (χ1v) is 9.35. The third-order valence-corrected chi connectivity index (χ3v) is 4.90. The van der Waals surface area contributed by atoms with Gasteiger partial charge in [0.15, 0.2) is 6.61 Å². The molecule has 0 saturated heterocycles. The van der Waals surface area contributed by atoms with Crippen molar-refractivity contribution in [1.29, 1.82) is 0 Å². The molecule has 3 heterocycles. The fraction of sp³-hybridized carbons (Fsp3) is 0.300. The number of rotatable bonds is 5. The van der Waals surface area contributed by atoms with Gasteiger partial charge in [0.1, 0.15) is 23.5 Å². The highest BCUT2D eigenvalue weighted by Gasteiger charge is 2.23. The number of benzene rings is 1. The van der Waals surface area contributed by atoms with Gasteiger partial charge in [0.2, 0.25) is 0 Å². The van der Waals surface area contributed by atoms with Crippen molar-refractivity contribution < 1.29 is 14.3 Å². The summed E-state index contributed by atoms with van der Waals surface area (Å²) in [5.41, 5.74) is 2.66. The lowest BCUT2D eigenvalue weighted by molar-refractivity contribution is -0.118. The molecule has 2 aromatic heterocycles. The van der Waals surface area contributed by atoms with E-state index in [4.69, 9.17) is 4.74 Å². The molecule has 0 unspecified atom stereocenters. The number of nitrogens with one attached hydrogen (secondary N) is 4. The predicted molar refractivity (Wildman–Crippen MR) is 109 cm³/mol. The van der Waals surface area contributed by atoms with Crippen LogP contribution in [0.5, 0.6) is 5.75 Å². The molecular weight excluding hydrogens is 372 g/mol. The van der Waals surface area contributed by atoms with E-state index in [-0.39, 0.29) is 30.4 Å². The van der Waals surface area contributed by atoms with Gasteiger partial charge in [0.05, 0.1) is 22.7 Å². The van der Waals surface area contributed by atoms with Gasteiger partial charge in [-0.3, -0.25) is 9.59 Å². The maximum absolute atomic E-state index is 12.3. The summed E-state index contributed by atoms with van der Waals surface area (Å²) in [5.74, 6) is 1.01. The number of aromatic amines is 1. The molecule has 3 aromatic rings. The van der Waals surface area contributed by atoms with Crippen LogP contribution in [-0.2, 0) is 4.79 Å². The largest absolute Gasteiger partial charge is 0.482 e. The van der Waals surface area contributed by atoms with Crippen molar-refractivity contribution in [2.24, 2.45) is 5.92 Å². The van der Waals surface area contributed by atoms with Gasteiger partial charge in [-0.2, -0.15) is 0 Å². The smallest absolute Gasteiger partial charge is 0.262 e. The van der Waals surface area contributed by atoms with E-state index in [1.807, 2.05) is 18.2 Å². The molecule has 29 heavy (non-hydrogen) atoms. The number of carbonyl (C=O) groups excluding carboxylic acids is 2. The number of nitrogens with zero attached hydrogens (tertiary/aromatic N) is 2. The van der Waals surface area contributed by atoms with E-state index in [0.717, 1.165) is 5.56 Å². The Balaban J connectivity index is 1.73. The molecule has 4 N–H and O–H groups in total. The maximum Gasteiger partial charge on any atom is 0.262 e. The quantitative estimate of drug-likeness (QED) is 0.527.